The van der Waals surface area contributed by atoms with E-state index >= 15 is 0 Å². The molecule has 0 aliphatic heterocycles. The highest BCUT2D eigenvalue weighted by atomic mass is 31.1. The quantitative estimate of drug-likeness (QED) is 0.726. The Kier molecular flexibility index (Phi) is 3.59. The second-order valence-corrected chi connectivity index (χ2v) is 5.43. The molecule has 15 heavy (non-hydrogen) atoms. The highest BCUT2D eigenvalue weighted by molar-refractivity contribution is 7.48. The van der Waals surface area contributed by atoms with Crippen LogP contribution in [0.25, 0.3) is 0 Å². The third-order valence-electron chi connectivity index (χ3n) is 1.75. The van der Waals surface area contributed by atoms with E-state index in [9.17, 15) is 9.36 Å². The third kappa shape index (κ3) is 3.45. The van der Waals surface area contributed by atoms with E-state index in [0.717, 1.165) is 0 Å². The van der Waals surface area contributed by atoms with E-state index in [-0.39, 0.29) is 0 Å². The maximum atomic E-state index is 11.6. The normalized spacial score (nSPS) is 12.1. The first-order valence-electron chi connectivity index (χ1n) is 4.66. The number of carbonyl (C=O) groups excluding carboxylic acids is 1. The standard InChI is InChI=1S/C11H14O3P/c1-11(2,3)10(12)14-15(13)9-7-5-4-6-8-9/h4-8H,1-3H3/q+1. The molecule has 0 fully saturated rings. The van der Waals surface area contributed by atoms with Gasteiger partial charge in [-0.3, -0.25) is 0 Å². The molecule has 0 saturated carbocycles. The van der Waals surface area contributed by atoms with E-state index in [0.29, 0.717) is 5.30 Å². The van der Waals surface area contributed by atoms with Gasteiger partial charge in [0.2, 0.25) is 5.30 Å². The minimum absolute atomic E-state index is 0.451. The van der Waals surface area contributed by atoms with E-state index in [1.54, 1.807) is 45.0 Å². The van der Waals surface area contributed by atoms with E-state index in [1.807, 2.05) is 6.07 Å². The van der Waals surface area contributed by atoms with Crippen LogP contribution in [-0.4, -0.2) is 5.97 Å². The number of benzene rings is 1. The molecule has 1 rings (SSSR count). The molecule has 0 aliphatic carbocycles. The monoisotopic (exact) mass is 225 g/mol. The van der Waals surface area contributed by atoms with E-state index in [4.69, 9.17) is 4.52 Å². The molecule has 0 aliphatic rings. The van der Waals surface area contributed by atoms with Crippen LogP contribution >= 0.6 is 8.03 Å². The van der Waals surface area contributed by atoms with Crippen molar-refractivity contribution < 1.29 is 13.9 Å². The summed E-state index contributed by atoms with van der Waals surface area (Å²) in [6.07, 6.45) is 0. The Hall–Kier alpha value is -1.21. The molecule has 0 bridgehead atoms. The molecule has 0 heterocycles. The summed E-state index contributed by atoms with van der Waals surface area (Å²) in [5.41, 5.74) is -0.625. The van der Waals surface area contributed by atoms with Crippen molar-refractivity contribution in [3.8, 4) is 0 Å². The topological polar surface area (TPSA) is 43.4 Å². The van der Waals surface area contributed by atoms with Crippen LogP contribution in [0.4, 0.5) is 0 Å². The van der Waals surface area contributed by atoms with Crippen LogP contribution in [0.2, 0.25) is 0 Å². The van der Waals surface area contributed by atoms with Crippen molar-refractivity contribution in [3.63, 3.8) is 0 Å². The number of rotatable bonds is 2. The third-order valence-corrected chi connectivity index (χ3v) is 2.80. The predicted octanol–water partition coefficient (Wildman–Crippen LogP) is 2.64. The minimum Gasteiger partial charge on any atom is -0.246 e. The van der Waals surface area contributed by atoms with Gasteiger partial charge in [-0.15, -0.1) is 0 Å². The predicted molar refractivity (Wildman–Crippen MR) is 59.2 cm³/mol. The van der Waals surface area contributed by atoms with Gasteiger partial charge in [-0.25, -0.2) is 9.32 Å². The van der Waals surface area contributed by atoms with Crippen LogP contribution in [0.5, 0.6) is 0 Å². The molecular weight excluding hydrogens is 211 g/mol. The SMILES string of the molecule is CC(C)(C)C(=O)O[P+](=O)c1ccccc1. The first-order valence-corrected chi connectivity index (χ1v) is 5.84. The maximum absolute atomic E-state index is 11.6. The molecule has 1 aromatic rings. The van der Waals surface area contributed by atoms with Crippen LogP contribution in [0.1, 0.15) is 20.8 Å². The fraction of sp³-hybridized carbons (Fsp3) is 0.364. The van der Waals surface area contributed by atoms with Gasteiger partial charge < -0.3 is 0 Å². The second kappa shape index (κ2) is 4.54. The van der Waals surface area contributed by atoms with Crippen molar-refractivity contribution in [1.29, 1.82) is 0 Å². The molecule has 0 amide bonds. The molecule has 0 aromatic heterocycles. The summed E-state index contributed by atoms with van der Waals surface area (Å²) >= 11 is 0. The molecule has 3 nitrogen and oxygen atoms in total. The molecular formula is C11H14O3P+. The Morgan fingerprint density at radius 1 is 1.20 bits per heavy atom. The van der Waals surface area contributed by atoms with Crippen LogP contribution in [0.3, 0.4) is 0 Å². The van der Waals surface area contributed by atoms with Gasteiger partial charge in [-0.05, 0) is 37.5 Å². The van der Waals surface area contributed by atoms with E-state index in [2.05, 4.69) is 0 Å². The summed E-state index contributed by atoms with van der Waals surface area (Å²) < 4.78 is 16.5. The van der Waals surface area contributed by atoms with Crippen molar-refractivity contribution in [3.05, 3.63) is 30.3 Å². The highest BCUT2D eigenvalue weighted by Gasteiger charge is 2.34. The Labute approximate surface area is 90.3 Å². The van der Waals surface area contributed by atoms with Gasteiger partial charge in [0.1, 0.15) is 0 Å². The van der Waals surface area contributed by atoms with Crippen molar-refractivity contribution in [2.24, 2.45) is 5.41 Å². The molecule has 0 spiro atoms. The Morgan fingerprint density at radius 2 is 1.73 bits per heavy atom. The molecule has 0 saturated heterocycles. The summed E-state index contributed by atoms with van der Waals surface area (Å²) in [4.78, 5) is 11.4. The van der Waals surface area contributed by atoms with Gasteiger partial charge in [0.05, 0.1) is 5.41 Å². The lowest BCUT2D eigenvalue weighted by Gasteiger charge is -2.09. The minimum atomic E-state index is -2.08. The summed E-state index contributed by atoms with van der Waals surface area (Å²) in [7, 11) is -2.08. The van der Waals surface area contributed by atoms with Crippen molar-refractivity contribution in [2.45, 2.75) is 20.8 Å². The zero-order valence-corrected chi connectivity index (χ0v) is 9.95. The second-order valence-electron chi connectivity index (χ2n) is 4.22. The van der Waals surface area contributed by atoms with Gasteiger partial charge in [-0.2, -0.15) is 0 Å². The largest absolute Gasteiger partial charge is 0.600 e. The van der Waals surface area contributed by atoms with Crippen molar-refractivity contribution in [1.82, 2.24) is 0 Å². The number of hydrogen-bond acceptors (Lipinski definition) is 3. The van der Waals surface area contributed by atoms with Crippen LogP contribution in [0.15, 0.2) is 30.3 Å². The summed E-state index contributed by atoms with van der Waals surface area (Å²) in [6.45, 7) is 5.18. The van der Waals surface area contributed by atoms with Crippen LogP contribution in [-0.2, 0) is 13.9 Å². The molecule has 4 heteroatoms. The average Bonchev–Trinajstić information content (AvgIpc) is 2.17. The average molecular weight is 225 g/mol. The molecule has 0 radical (unpaired) electrons. The Balaban J connectivity index is 2.70. The summed E-state index contributed by atoms with van der Waals surface area (Å²) in [5, 5.41) is 0.533. The van der Waals surface area contributed by atoms with Crippen molar-refractivity contribution in [2.75, 3.05) is 0 Å². The lowest BCUT2D eigenvalue weighted by atomic mass is 9.98. The molecule has 80 valence electrons. The van der Waals surface area contributed by atoms with Gasteiger partial charge in [0.25, 0.3) is 0 Å². The lowest BCUT2D eigenvalue weighted by Crippen LogP contribution is -2.21. The smallest absolute Gasteiger partial charge is 0.246 e. The van der Waals surface area contributed by atoms with Crippen molar-refractivity contribution >= 4 is 19.3 Å². The fourth-order valence-corrected chi connectivity index (χ4v) is 1.76. The summed E-state index contributed by atoms with van der Waals surface area (Å²) in [5.74, 6) is -0.451. The molecule has 1 unspecified atom stereocenters. The van der Waals surface area contributed by atoms with Gasteiger partial charge in [0, 0.05) is 0 Å². The number of carbonyl (C=O) groups is 1. The zero-order chi connectivity index (χ0) is 11.5. The van der Waals surface area contributed by atoms with E-state index < -0.39 is 19.4 Å². The van der Waals surface area contributed by atoms with E-state index in [1.165, 1.54) is 0 Å². The van der Waals surface area contributed by atoms with Crippen LogP contribution in [0, 0.1) is 5.41 Å². The lowest BCUT2D eigenvalue weighted by molar-refractivity contribution is -0.142. The Morgan fingerprint density at radius 3 is 2.20 bits per heavy atom. The molecule has 0 N–H and O–H groups in total. The molecule has 1 aromatic carbocycles. The first-order chi connectivity index (χ1) is 6.91. The van der Waals surface area contributed by atoms with Gasteiger partial charge in [0.15, 0.2) is 0 Å². The Bertz CT molecular complexity index is 365. The van der Waals surface area contributed by atoms with Gasteiger partial charge in [-0.1, -0.05) is 18.2 Å². The zero-order valence-electron chi connectivity index (χ0n) is 9.06. The maximum Gasteiger partial charge on any atom is 0.600 e. The molecule has 1 atom stereocenters. The summed E-state index contributed by atoms with van der Waals surface area (Å²) in [6, 6.07) is 8.68. The van der Waals surface area contributed by atoms with Gasteiger partial charge >= 0.3 is 14.0 Å². The fourth-order valence-electron chi connectivity index (χ4n) is 0.815. The van der Waals surface area contributed by atoms with Crippen LogP contribution < -0.4 is 5.30 Å². The number of hydrogen-bond donors (Lipinski definition) is 0. The highest BCUT2D eigenvalue weighted by Crippen LogP contribution is 2.27. The first kappa shape index (κ1) is 11.9.